The third-order valence-corrected chi connectivity index (χ3v) is 3.58. The number of aryl methyl sites for hydroxylation is 1. The van der Waals surface area contributed by atoms with Crippen LogP contribution in [0.2, 0.25) is 0 Å². The van der Waals surface area contributed by atoms with Gasteiger partial charge in [0.1, 0.15) is 5.75 Å². The molecule has 1 unspecified atom stereocenters. The van der Waals surface area contributed by atoms with Gasteiger partial charge in [0.25, 0.3) is 0 Å². The van der Waals surface area contributed by atoms with Gasteiger partial charge >= 0.3 is 0 Å². The minimum absolute atomic E-state index is 0.310. The second-order valence-electron chi connectivity index (χ2n) is 4.83. The number of phenols is 1. The highest BCUT2D eigenvalue weighted by atomic mass is 16.3. The highest BCUT2D eigenvalue weighted by Crippen LogP contribution is 2.32. The maximum Gasteiger partial charge on any atom is 0.115 e. The molecular weight excluding hydrogens is 222 g/mol. The fourth-order valence-corrected chi connectivity index (χ4v) is 2.66. The predicted octanol–water partition coefficient (Wildman–Crippen LogP) is 3.88. The molecule has 2 heteroatoms. The topological polar surface area (TPSA) is 32.3 Å². The lowest BCUT2D eigenvalue weighted by Gasteiger charge is -2.27. The van der Waals surface area contributed by atoms with Gasteiger partial charge in [-0.05, 0) is 54.7 Å². The van der Waals surface area contributed by atoms with Crippen molar-refractivity contribution in [3.63, 3.8) is 0 Å². The Hall–Kier alpha value is -1.96. The summed E-state index contributed by atoms with van der Waals surface area (Å²) in [4.78, 5) is 0. The molecule has 3 rings (SSSR count). The average Bonchev–Trinajstić information content (AvgIpc) is 2.42. The van der Waals surface area contributed by atoms with Crippen molar-refractivity contribution in [2.45, 2.75) is 25.3 Å². The van der Waals surface area contributed by atoms with E-state index in [1.165, 1.54) is 24.0 Å². The molecule has 1 atom stereocenters. The Balaban J connectivity index is 1.84. The number of benzene rings is 2. The monoisotopic (exact) mass is 239 g/mol. The van der Waals surface area contributed by atoms with Gasteiger partial charge in [-0.25, -0.2) is 0 Å². The van der Waals surface area contributed by atoms with Crippen molar-refractivity contribution >= 4 is 5.69 Å². The lowest BCUT2D eigenvalue weighted by atomic mass is 9.87. The Labute approximate surface area is 107 Å². The van der Waals surface area contributed by atoms with Gasteiger partial charge in [-0.1, -0.05) is 24.3 Å². The Morgan fingerprint density at radius 2 is 1.78 bits per heavy atom. The van der Waals surface area contributed by atoms with Gasteiger partial charge in [-0.2, -0.15) is 0 Å². The van der Waals surface area contributed by atoms with Crippen LogP contribution in [0.5, 0.6) is 5.75 Å². The maximum atomic E-state index is 9.29. The van der Waals surface area contributed by atoms with Crippen LogP contribution >= 0.6 is 0 Å². The van der Waals surface area contributed by atoms with E-state index >= 15 is 0 Å². The molecule has 0 heterocycles. The second-order valence-corrected chi connectivity index (χ2v) is 4.83. The van der Waals surface area contributed by atoms with Crippen LogP contribution in [0, 0.1) is 0 Å². The summed E-state index contributed by atoms with van der Waals surface area (Å²) >= 11 is 0. The molecule has 0 saturated carbocycles. The van der Waals surface area contributed by atoms with Crippen molar-refractivity contribution in [1.29, 1.82) is 0 Å². The van der Waals surface area contributed by atoms with Crippen LogP contribution < -0.4 is 5.32 Å². The predicted molar refractivity (Wildman–Crippen MR) is 73.9 cm³/mol. The molecule has 1 aliphatic rings. The summed E-state index contributed by atoms with van der Waals surface area (Å²) in [5.74, 6) is 0.310. The van der Waals surface area contributed by atoms with Crippen molar-refractivity contribution in [2.75, 3.05) is 5.32 Å². The first-order valence-electron chi connectivity index (χ1n) is 6.46. The first-order valence-corrected chi connectivity index (χ1v) is 6.46. The standard InChI is InChI=1S/C16H17NO/c18-14-10-8-13(9-11-14)17-16-7-3-5-12-4-1-2-6-15(12)16/h1-2,4,6,8-11,16-18H,3,5,7H2. The number of nitrogens with one attached hydrogen (secondary N) is 1. The number of anilines is 1. The van der Waals surface area contributed by atoms with E-state index in [0.717, 1.165) is 12.1 Å². The molecule has 2 aromatic carbocycles. The molecule has 2 nitrogen and oxygen atoms in total. The molecular formula is C16H17NO. The molecule has 0 aromatic heterocycles. The second kappa shape index (κ2) is 4.73. The van der Waals surface area contributed by atoms with Crippen LogP contribution in [0.15, 0.2) is 48.5 Å². The number of hydrogen-bond acceptors (Lipinski definition) is 2. The highest BCUT2D eigenvalue weighted by Gasteiger charge is 2.19. The van der Waals surface area contributed by atoms with Crippen molar-refractivity contribution in [2.24, 2.45) is 0 Å². The van der Waals surface area contributed by atoms with Crippen molar-refractivity contribution < 1.29 is 5.11 Å². The molecule has 92 valence electrons. The van der Waals surface area contributed by atoms with E-state index in [0.29, 0.717) is 11.8 Å². The Morgan fingerprint density at radius 3 is 2.61 bits per heavy atom. The van der Waals surface area contributed by atoms with Gasteiger partial charge in [0, 0.05) is 5.69 Å². The van der Waals surface area contributed by atoms with Crippen molar-refractivity contribution in [3.05, 3.63) is 59.7 Å². The molecule has 1 aliphatic carbocycles. The number of rotatable bonds is 2. The Bertz CT molecular complexity index is 533. The lowest BCUT2D eigenvalue weighted by molar-refractivity contribution is 0.475. The van der Waals surface area contributed by atoms with E-state index in [1.54, 1.807) is 12.1 Å². The smallest absolute Gasteiger partial charge is 0.115 e. The highest BCUT2D eigenvalue weighted by molar-refractivity contribution is 5.49. The van der Waals surface area contributed by atoms with Crippen LogP contribution in [0.3, 0.4) is 0 Å². The number of fused-ring (bicyclic) bond motifs is 1. The SMILES string of the molecule is Oc1ccc(NC2CCCc3ccccc32)cc1. The zero-order chi connectivity index (χ0) is 12.4. The summed E-state index contributed by atoms with van der Waals surface area (Å²) in [6.07, 6.45) is 3.58. The molecule has 0 bridgehead atoms. The summed E-state index contributed by atoms with van der Waals surface area (Å²) in [5, 5.41) is 12.8. The summed E-state index contributed by atoms with van der Waals surface area (Å²) in [6, 6.07) is 16.3. The van der Waals surface area contributed by atoms with Gasteiger partial charge in [-0.3, -0.25) is 0 Å². The van der Waals surface area contributed by atoms with E-state index in [9.17, 15) is 5.11 Å². The van der Waals surface area contributed by atoms with Crippen molar-refractivity contribution in [1.82, 2.24) is 0 Å². The van der Waals surface area contributed by atoms with E-state index in [1.807, 2.05) is 12.1 Å². The molecule has 0 radical (unpaired) electrons. The zero-order valence-electron chi connectivity index (χ0n) is 10.3. The molecule has 0 saturated heterocycles. The molecule has 2 N–H and O–H groups in total. The summed E-state index contributed by atoms with van der Waals surface area (Å²) in [5.41, 5.74) is 3.94. The normalized spacial score (nSPS) is 18.1. The van der Waals surface area contributed by atoms with Gasteiger partial charge in [0.2, 0.25) is 0 Å². The van der Waals surface area contributed by atoms with Crippen LogP contribution in [0.4, 0.5) is 5.69 Å². The van der Waals surface area contributed by atoms with E-state index in [-0.39, 0.29) is 0 Å². The van der Waals surface area contributed by atoms with Crippen LogP contribution in [-0.2, 0) is 6.42 Å². The fourth-order valence-electron chi connectivity index (χ4n) is 2.66. The van der Waals surface area contributed by atoms with Crippen LogP contribution in [-0.4, -0.2) is 5.11 Å². The summed E-state index contributed by atoms with van der Waals surface area (Å²) in [7, 11) is 0. The first kappa shape index (κ1) is 11.1. The maximum absolute atomic E-state index is 9.29. The van der Waals surface area contributed by atoms with Gasteiger partial charge < -0.3 is 10.4 Å². The van der Waals surface area contributed by atoms with Crippen LogP contribution in [0.25, 0.3) is 0 Å². The molecule has 0 aliphatic heterocycles. The van der Waals surface area contributed by atoms with Gasteiger partial charge in [0.15, 0.2) is 0 Å². The molecule has 0 spiro atoms. The van der Waals surface area contributed by atoms with E-state index < -0.39 is 0 Å². The molecule has 2 aromatic rings. The largest absolute Gasteiger partial charge is 0.508 e. The average molecular weight is 239 g/mol. The minimum atomic E-state index is 0.310. The lowest BCUT2D eigenvalue weighted by Crippen LogP contribution is -2.17. The Morgan fingerprint density at radius 1 is 1.00 bits per heavy atom. The molecule has 0 fully saturated rings. The molecule has 0 amide bonds. The fraction of sp³-hybridized carbons (Fsp3) is 0.250. The number of phenolic OH excluding ortho intramolecular Hbond substituents is 1. The first-order chi connectivity index (χ1) is 8.83. The van der Waals surface area contributed by atoms with E-state index in [4.69, 9.17) is 0 Å². The molecule has 18 heavy (non-hydrogen) atoms. The Kier molecular flexibility index (Phi) is 2.93. The third-order valence-electron chi connectivity index (χ3n) is 3.58. The quantitative estimate of drug-likeness (QED) is 0.779. The zero-order valence-corrected chi connectivity index (χ0v) is 10.3. The number of aromatic hydroxyl groups is 1. The number of hydrogen-bond donors (Lipinski definition) is 2. The minimum Gasteiger partial charge on any atom is -0.508 e. The van der Waals surface area contributed by atoms with Gasteiger partial charge in [-0.15, -0.1) is 0 Å². The third kappa shape index (κ3) is 2.19. The van der Waals surface area contributed by atoms with Crippen LogP contribution in [0.1, 0.15) is 30.0 Å². The van der Waals surface area contributed by atoms with Gasteiger partial charge in [0.05, 0.1) is 6.04 Å². The van der Waals surface area contributed by atoms with Crippen molar-refractivity contribution in [3.8, 4) is 5.75 Å². The summed E-state index contributed by atoms with van der Waals surface area (Å²) < 4.78 is 0. The van der Waals surface area contributed by atoms with E-state index in [2.05, 4.69) is 29.6 Å². The summed E-state index contributed by atoms with van der Waals surface area (Å²) in [6.45, 7) is 0.